The highest BCUT2D eigenvalue weighted by molar-refractivity contribution is 4.58. The lowest BCUT2D eigenvalue weighted by atomic mass is 10.1. The second-order valence-electron chi connectivity index (χ2n) is 4.75. The highest BCUT2D eigenvalue weighted by Crippen LogP contribution is 2.10. The highest BCUT2D eigenvalue weighted by atomic mass is 14.8. The van der Waals surface area contributed by atoms with E-state index in [0.717, 1.165) is 6.42 Å². The van der Waals surface area contributed by atoms with Crippen molar-refractivity contribution in [1.29, 1.82) is 0 Å². The van der Waals surface area contributed by atoms with Gasteiger partial charge in [-0.3, -0.25) is 0 Å². The minimum absolute atomic E-state index is 1.14. The minimum Gasteiger partial charge on any atom is -0.312 e. The van der Waals surface area contributed by atoms with Crippen molar-refractivity contribution in [3.8, 4) is 0 Å². The molecule has 0 bridgehead atoms. The summed E-state index contributed by atoms with van der Waals surface area (Å²) in [4.78, 5) is 0. The molecule has 0 aromatic heterocycles. The molecule has 0 aliphatic heterocycles. The number of rotatable bonds is 13. The van der Waals surface area contributed by atoms with Crippen LogP contribution in [0.3, 0.4) is 0 Å². The molecule has 0 saturated heterocycles. The van der Waals surface area contributed by atoms with Crippen LogP contribution in [0, 0.1) is 6.54 Å². The number of unbranched alkanes of at least 4 members (excludes halogenated alkanes) is 9. The summed E-state index contributed by atoms with van der Waals surface area (Å²) in [5.74, 6) is 0. The molecule has 1 nitrogen and oxygen atoms in total. The Labute approximate surface area is 103 Å². The first-order chi connectivity index (χ1) is 7.91. The zero-order chi connectivity index (χ0) is 11.9. The van der Waals surface area contributed by atoms with Gasteiger partial charge in [-0.1, -0.05) is 71.6 Å². The Kier molecular flexibility index (Phi) is 14.9. The first-order valence-electron chi connectivity index (χ1n) is 7.46. The summed E-state index contributed by atoms with van der Waals surface area (Å²) in [6, 6.07) is 0. The molecule has 0 unspecified atom stereocenters. The lowest BCUT2D eigenvalue weighted by Crippen LogP contribution is -2.10. The maximum absolute atomic E-state index is 3.34. The summed E-state index contributed by atoms with van der Waals surface area (Å²) < 4.78 is 0. The van der Waals surface area contributed by atoms with Crippen LogP contribution < -0.4 is 5.32 Å². The van der Waals surface area contributed by atoms with Gasteiger partial charge >= 0.3 is 0 Å². The van der Waals surface area contributed by atoms with Crippen molar-refractivity contribution >= 4 is 0 Å². The van der Waals surface area contributed by atoms with Gasteiger partial charge < -0.3 is 5.32 Å². The van der Waals surface area contributed by atoms with Crippen LogP contribution in [0.25, 0.3) is 0 Å². The van der Waals surface area contributed by atoms with Crippen LogP contribution >= 0.6 is 0 Å². The van der Waals surface area contributed by atoms with Crippen molar-refractivity contribution < 1.29 is 0 Å². The van der Waals surface area contributed by atoms with Crippen LogP contribution in [0.4, 0.5) is 0 Å². The fraction of sp³-hybridized carbons (Fsp3) is 0.933. The Morgan fingerprint density at radius 1 is 0.688 bits per heavy atom. The van der Waals surface area contributed by atoms with Crippen LogP contribution in [0.5, 0.6) is 0 Å². The number of hydrogen-bond acceptors (Lipinski definition) is 1. The average molecular weight is 226 g/mol. The minimum atomic E-state index is 1.14. The van der Waals surface area contributed by atoms with Gasteiger partial charge in [-0.2, -0.15) is 0 Å². The molecule has 0 aromatic rings. The lowest BCUT2D eigenvalue weighted by Gasteiger charge is -2.03. The standard InChI is InChI=1S/C15H32N/c1-3-5-6-7-8-9-10-11-12-13-15-16-14-4-2/h14,16H,3-13,15H2,1-2H3. The van der Waals surface area contributed by atoms with Crippen molar-refractivity contribution in [2.75, 3.05) is 6.54 Å². The van der Waals surface area contributed by atoms with Crippen molar-refractivity contribution in [3.05, 3.63) is 6.54 Å². The van der Waals surface area contributed by atoms with Crippen LogP contribution in [-0.2, 0) is 0 Å². The highest BCUT2D eigenvalue weighted by Gasteiger charge is 1.92. The van der Waals surface area contributed by atoms with Gasteiger partial charge in [0.25, 0.3) is 0 Å². The van der Waals surface area contributed by atoms with E-state index < -0.39 is 0 Å². The van der Waals surface area contributed by atoms with Crippen molar-refractivity contribution in [2.24, 2.45) is 0 Å². The molecular formula is C15H32N. The Morgan fingerprint density at radius 3 is 1.69 bits per heavy atom. The van der Waals surface area contributed by atoms with Crippen molar-refractivity contribution in [1.82, 2.24) is 5.32 Å². The fourth-order valence-electron chi connectivity index (χ4n) is 1.96. The Bertz CT molecular complexity index is 98.0. The molecule has 1 radical (unpaired) electrons. The maximum Gasteiger partial charge on any atom is 0.0218 e. The van der Waals surface area contributed by atoms with Gasteiger partial charge in [0.15, 0.2) is 0 Å². The second kappa shape index (κ2) is 15.0. The van der Waals surface area contributed by atoms with Gasteiger partial charge in [-0.25, -0.2) is 0 Å². The predicted octanol–water partition coefficient (Wildman–Crippen LogP) is 5.07. The zero-order valence-corrected chi connectivity index (χ0v) is 11.6. The molecule has 0 fully saturated rings. The quantitative estimate of drug-likeness (QED) is 0.432. The van der Waals surface area contributed by atoms with Gasteiger partial charge in [-0.05, 0) is 19.4 Å². The van der Waals surface area contributed by atoms with E-state index in [1.165, 1.54) is 70.8 Å². The monoisotopic (exact) mass is 226 g/mol. The van der Waals surface area contributed by atoms with E-state index in [0.29, 0.717) is 0 Å². The van der Waals surface area contributed by atoms with E-state index in [-0.39, 0.29) is 0 Å². The summed E-state index contributed by atoms with van der Waals surface area (Å²) in [5, 5.41) is 3.34. The van der Waals surface area contributed by atoms with Gasteiger partial charge in [0.05, 0.1) is 0 Å². The molecule has 0 amide bonds. The Hall–Kier alpha value is -0.0400. The van der Waals surface area contributed by atoms with Crippen LogP contribution in [0.1, 0.15) is 84.5 Å². The molecule has 0 atom stereocenters. The largest absolute Gasteiger partial charge is 0.312 e. The molecule has 1 heteroatoms. The van der Waals surface area contributed by atoms with Crippen molar-refractivity contribution in [2.45, 2.75) is 84.5 Å². The Balaban J connectivity index is 2.83. The molecule has 0 rings (SSSR count). The third-order valence-corrected chi connectivity index (χ3v) is 3.02. The van der Waals surface area contributed by atoms with Crippen LogP contribution in [0.2, 0.25) is 0 Å². The summed E-state index contributed by atoms with van der Waals surface area (Å²) in [6.45, 7) is 7.79. The summed E-state index contributed by atoms with van der Waals surface area (Å²) in [6.07, 6.45) is 15.4. The molecule has 0 spiro atoms. The summed E-state index contributed by atoms with van der Waals surface area (Å²) in [5.41, 5.74) is 0. The second-order valence-corrected chi connectivity index (χ2v) is 4.75. The lowest BCUT2D eigenvalue weighted by molar-refractivity contribution is 0.550. The molecule has 16 heavy (non-hydrogen) atoms. The van der Waals surface area contributed by atoms with Gasteiger partial charge in [0, 0.05) is 6.54 Å². The van der Waals surface area contributed by atoms with E-state index in [2.05, 4.69) is 25.7 Å². The first kappa shape index (κ1) is 16.0. The van der Waals surface area contributed by atoms with Gasteiger partial charge in [0.1, 0.15) is 0 Å². The van der Waals surface area contributed by atoms with E-state index >= 15 is 0 Å². The van der Waals surface area contributed by atoms with Gasteiger partial charge in [0.2, 0.25) is 0 Å². The predicted molar refractivity (Wildman–Crippen MR) is 74.4 cm³/mol. The maximum atomic E-state index is 3.34. The molecule has 97 valence electrons. The molecule has 0 aliphatic carbocycles. The van der Waals surface area contributed by atoms with E-state index in [1.54, 1.807) is 0 Å². The molecule has 0 aliphatic rings. The zero-order valence-electron chi connectivity index (χ0n) is 11.6. The van der Waals surface area contributed by atoms with E-state index in [9.17, 15) is 0 Å². The van der Waals surface area contributed by atoms with Crippen LogP contribution in [0.15, 0.2) is 0 Å². The Morgan fingerprint density at radius 2 is 1.19 bits per heavy atom. The summed E-state index contributed by atoms with van der Waals surface area (Å²) >= 11 is 0. The smallest absolute Gasteiger partial charge is 0.0218 e. The topological polar surface area (TPSA) is 12.0 Å². The van der Waals surface area contributed by atoms with Gasteiger partial charge in [-0.15, -0.1) is 0 Å². The third kappa shape index (κ3) is 14.0. The summed E-state index contributed by atoms with van der Waals surface area (Å²) in [7, 11) is 0. The first-order valence-corrected chi connectivity index (χ1v) is 7.46. The average Bonchev–Trinajstić information content (AvgIpc) is 2.31. The normalized spacial score (nSPS) is 10.9. The van der Waals surface area contributed by atoms with E-state index in [1.807, 2.05) is 0 Å². The number of nitrogens with one attached hydrogen (secondary N) is 1. The molecular weight excluding hydrogens is 194 g/mol. The van der Waals surface area contributed by atoms with E-state index in [4.69, 9.17) is 0 Å². The third-order valence-electron chi connectivity index (χ3n) is 3.02. The number of hydrogen-bond donors (Lipinski definition) is 1. The van der Waals surface area contributed by atoms with Crippen LogP contribution in [-0.4, -0.2) is 6.54 Å². The molecule has 0 saturated carbocycles. The molecule has 0 heterocycles. The van der Waals surface area contributed by atoms with Crippen molar-refractivity contribution in [3.63, 3.8) is 0 Å². The fourth-order valence-corrected chi connectivity index (χ4v) is 1.96. The SMILES string of the molecule is CC[CH]NCCCCCCCCCCCC. The molecule has 1 N–H and O–H groups in total. The molecule has 0 aromatic carbocycles.